The highest BCUT2D eigenvalue weighted by Crippen LogP contribution is 2.20. The first-order valence-corrected chi connectivity index (χ1v) is 6.09. The van der Waals surface area contributed by atoms with E-state index in [0.29, 0.717) is 25.1 Å². The highest BCUT2D eigenvalue weighted by atomic mass is 16.4. The van der Waals surface area contributed by atoms with Gasteiger partial charge in [-0.05, 0) is 24.8 Å². The summed E-state index contributed by atoms with van der Waals surface area (Å²) in [6, 6.07) is 1.80. The van der Waals surface area contributed by atoms with Gasteiger partial charge >= 0.3 is 5.97 Å². The lowest BCUT2D eigenvalue weighted by Crippen LogP contribution is -2.25. The molecule has 0 atom stereocenters. The molecule has 1 rings (SSSR count). The van der Waals surface area contributed by atoms with E-state index in [2.05, 4.69) is 5.32 Å². The summed E-state index contributed by atoms with van der Waals surface area (Å²) >= 11 is 0. The summed E-state index contributed by atoms with van der Waals surface area (Å²) in [6.07, 6.45) is 2.85. The minimum atomic E-state index is -0.811. The third-order valence-electron chi connectivity index (χ3n) is 2.63. The van der Waals surface area contributed by atoms with E-state index < -0.39 is 5.97 Å². The van der Waals surface area contributed by atoms with Crippen LogP contribution in [0.3, 0.4) is 0 Å². The number of furan rings is 1. The summed E-state index contributed by atoms with van der Waals surface area (Å²) < 4.78 is 5.18. The van der Waals surface area contributed by atoms with Crippen molar-refractivity contribution in [1.29, 1.82) is 0 Å². The Morgan fingerprint density at radius 3 is 2.72 bits per heavy atom. The maximum absolute atomic E-state index is 11.8. The summed E-state index contributed by atoms with van der Waals surface area (Å²) in [4.78, 5) is 22.1. The van der Waals surface area contributed by atoms with Gasteiger partial charge in [-0.1, -0.05) is 13.8 Å². The Bertz CT molecular complexity index is 409. The Hall–Kier alpha value is -1.78. The van der Waals surface area contributed by atoms with E-state index in [1.807, 2.05) is 13.8 Å². The molecule has 5 nitrogen and oxygen atoms in total. The molecular weight excluding hydrogens is 234 g/mol. The average Bonchev–Trinajstić information content (AvgIpc) is 2.76. The number of nitrogens with one attached hydrogen (secondary N) is 1. The van der Waals surface area contributed by atoms with E-state index in [0.717, 1.165) is 5.56 Å². The molecule has 0 saturated heterocycles. The third kappa shape index (κ3) is 4.24. The van der Waals surface area contributed by atoms with Gasteiger partial charge in [0.2, 0.25) is 0 Å². The molecule has 0 unspecified atom stereocenters. The Balaban J connectivity index is 2.36. The topological polar surface area (TPSA) is 79.5 Å². The van der Waals surface area contributed by atoms with Crippen LogP contribution in [0.2, 0.25) is 0 Å². The Morgan fingerprint density at radius 2 is 2.11 bits per heavy atom. The molecule has 0 bridgehead atoms. The van der Waals surface area contributed by atoms with E-state index in [9.17, 15) is 9.59 Å². The molecule has 18 heavy (non-hydrogen) atoms. The second-order valence-electron chi connectivity index (χ2n) is 4.47. The van der Waals surface area contributed by atoms with Crippen molar-refractivity contribution in [2.45, 2.75) is 39.0 Å². The lowest BCUT2D eigenvalue weighted by Gasteiger charge is -2.06. The molecule has 1 heterocycles. The van der Waals surface area contributed by atoms with Gasteiger partial charge in [-0.2, -0.15) is 0 Å². The zero-order valence-electron chi connectivity index (χ0n) is 10.7. The van der Waals surface area contributed by atoms with Crippen molar-refractivity contribution in [2.24, 2.45) is 0 Å². The molecule has 2 N–H and O–H groups in total. The van der Waals surface area contributed by atoms with E-state index >= 15 is 0 Å². The summed E-state index contributed by atoms with van der Waals surface area (Å²) in [5, 5.41) is 11.2. The summed E-state index contributed by atoms with van der Waals surface area (Å²) in [5.41, 5.74) is 0.887. The van der Waals surface area contributed by atoms with Gasteiger partial charge < -0.3 is 14.8 Å². The van der Waals surface area contributed by atoms with Crippen molar-refractivity contribution in [3.05, 3.63) is 23.7 Å². The molecule has 0 aliphatic carbocycles. The fourth-order valence-corrected chi connectivity index (χ4v) is 1.64. The van der Waals surface area contributed by atoms with Gasteiger partial charge in [0.25, 0.3) is 5.91 Å². The maximum atomic E-state index is 11.8. The Morgan fingerprint density at radius 1 is 1.39 bits per heavy atom. The fraction of sp³-hybridized carbons (Fsp3) is 0.538. The first kappa shape index (κ1) is 14.3. The van der Waals surface area contributed by atoms with Gasteiger partial charge in [0.1, 0.15) is 0 Å². The number of carboxylic acids is 1. The van der Waals surface area contributed by atoms with Gasteiger partial charge in [-0.25, -0.2) is 0 Å². The van der Waals surface area contributed by atoms with Crippen LogP contribution in [-0.2, 0) is 4.79 Å². The number of unbranched alkanes of at least 4 members (excludes halogenated alkanes) is 1. The van der Waals surface area contributed by atoms with Crippen LogP contribution in [0.5, 0.6) is 0 Å². The molecule has 5 heteroatoms. The highest BCUT2D eigenvalue weighted by molar-refractivity contribution is 5.93. The van der Waals surface area contributed by atoms with E-state index in [-0.39, 0.29) is 18.2 Å². The normalized spacial score (nSPS) is 10.6. The SMILES string of the molecule is CC(C)c1ccoc1C(=O)NCCCCC(=O)O. The molecule has 0 saturated carbocycles. The minimum Gasteiger partial charge on any atom is -0.481 e. The predicted octanol–water partition coefficient (Wildman–Crippen LogP) is 2.39. The lowest BCUT2D eigenvalue weighted by atomic mass is 10.0. The summed E-state index contributed by atoms with van der Waals surface area (Å²) in [6.45, 7) is 4.45. The number of hydrogen-bond acceptors (Lipinski definition) is 3. The van der Waals surface area contributed by atoms with Crippen molar-refractivity contribution in [3.8, 4) is 0 Å². The molecule has 0 radical (unpaired) electrons. The van der Waals surface area contributed by atoms with E-state index in [4.69, 9.17) is 9.52 Å². The number of aliphatic carboxylic acids is 1. The molecule has 0 fully saturated rings. The zero-order chi connectivity index (χ0) is 13.5. The molecule has 1 aromatic heterocycles. The number of carbonyl (C=O) groups excluding carboxylic acids is 1. The van der Waals surface area contributed by atoms with Crippen LogP contribution in [0.1, 0.15) is 55.1 Å². The van der Waals surface area contributed by atoms with Gasteiger partial charge in [0.15, 0.2) is 5.76 Å². The van der Waals surface area contributed by atoms with Crippen LogP contribution in [0.15, 0.2) is 16.7 Å². The Labute approximate surface area is 106 Å². The van der Waals surface area contributed by atoms with Crippen LogP contribution in [0, 0.1) is 0 Å². The van der Waals surface area contributed by atoms with Gasteiger partial charge in [0, 0.05) is 18.5 Å². The molecule has 1 amide bonds. The van der Waals surface area contributed by atoms with Gasteiger partial charge in [-0.15, -0.1) is 0 Å². The summed E-state index contributed by atoms with van der Waals surface area (Å²) in [7, 11) is 0. The van der Waals surface area contributed by atoms with Crippen molar-refractivity contribution in [2.75, 3.05) is 6.54 Å². The standard InChI is InChI=1S/C13H19NO4/c1-9(2)10-6-8-18-12(10)13(17)14-7-4-3-5-11(15)16/h6,8-9H,3-5,7H2,1-2H3,(H,14,17)(H,15,16). The number of rotatable bonds is 7. The van der Waals surface area contributed by atoms with Crippen molar-refractivity contribution in [3.63, 3.8) is 0 Å². The van der Waals surface area contributed by atoms with Crippen LogP contribution in [-0.4, -0.2) is 23.5 Å². The van der Waals surface area contributed by atoms with Crippen LogP contribution in [0.4, 0.5) is 0 Å². The number of hydrogen-bond donors (Lipinski definition) is 2. The van der Waals surface area contributed by atoms with Crippen molar-refractivity contribution in [1.82, 2.24) is 5.32 Å². The molecule has 0 aromatic carbocycles. The van der Waals surface area contributed by atoms with E-state index in [1.54, 1.807) is 6.07 Å². The number of amides is 1. The first-order chi connectivity index (χ1) is 8.52. The van der Waals surface area contributed by atoms with Crippen molar-refractivity contribution < 1.29 is 19.1 Å². The van der Waals surface area contributed by atoms with Crippen LogP contribution >= 0.6 is 0 Å². The minimum absolute atomic E-state index is 0.133. The molecule has 0 aliphatic heterocycles. The van der Waals surface area contributed by atoms with Crippen molar-refractivity contribution >= 4 is 11.9 Å². The lowest BCUT2D eigenvalue weighted by molar-refractivity contribution is -0.137. The molecule has 100 valence electrons. The monoisotopic (exact) mass is 253 g/mol. The fourth-order valence-electron chi connectivity index (χ4n) is 1.64. The zero-order valence-corrected chi connectivity index (χ0v) is 10.7. The third-order valence-corrected chi connectivity index (χ3v) is 2.63. The van der Waals surface area contributed by atoms with Gasteiger partial charge in [-0.3, -0.25) is 9.59 Å². The smallest absolute Gasteiger partial charge is 0.303 e. The second kappa shape index (κ2) is 6.83. The largest absolute Gasteiger partial charge is 0.481 e. The Kier molecular flexibility index (Phi) is 5.42. The highest BCUT2D eigenvalue weighted by Gasteiger charge is 2.16. The predicted molar refractivity (Wildman–Crippen MR) is 66.6 cm³/mol. The summed E-state index contributed by atoms with van der Waals surface area (Å²) in [5.74, 6) is -0.465. The second-order valence-corrected chi connectivity index (χ2v) is 4.47. The first-order valence-electron chi connectivity index (χ1n) is 6.09. The van der Waals surface area contributed by atoms with Crippen LogP contribution < -0.4 is 5.32 Å². The molecule has 0 aliphatic rings. The maximum Gasteiger partial charge on any atom is 0.303 e. The van der Waals surface area contributed by atoms with Gasteiger partial charge in [0.05, 0.1) is 6.26 Å². The average molecular weight is 253 g/mol. The number of carboxylic acid groups (broad SMARTS) is 1. The molecule has 0 spiro atoms. The quantitative estimate of drug-likeness (QED) is 0.731. The molecular formula is C13H19NO4. The van der Waals surface area contributed by atoms with Crippen LogP contribution in [0.25, 0.3) is 0 Å². The molecule has 1 aromatic rings. The number of carbonyl (C=O) groups is 2. The van der Waals surface area contributed by atoms with E-state index in [1.165, 1.54) is 6.26 Å².